The summed E-state index contributed by atoms with van der Waals surface area (Å²) in [5.74, 6) is -0.608. The van der Waals surface area contributed by atoms with E-state index < -0.39 is 6.10 Å². The van der Waals surface area contributed by atoms with Crippen molar-refractivity contribution in [1.29, 1.82) is 0 Å². The molecule has 0 amide bonds. The number of carbonyl (C=O) groups is 1. The summed E-state index contributed by atoms with van der Waals surface area (Å²) in [5.41, 5.74) is 5.50. The number of esters is 1. The van der Waals surface area contributed by atoms with Crippen LogP contribution in [0.15, 0.2) is 78.9 Å². The fourth-order valence-electron chi connectivity index (χ4n) is 4.20. The van der Waals surface area contributed by atoms with Crippen molar-refractivity contribution in [2.45, 2.75) is 31.8 Å². The number of benzene rings is 3. The minimum atomic E-state index is -0.620. The maximum atomic E-state index is 12.0. The van der Waals surface area contributed by atoms with Crippen LogP contribution in [0.5, 0.6) is 0 Å². The van der Waals surface area contributed by atoms with Gasteiger partial charge in [-0.25, -0.2) is 4.98 Å². The Morgan fingerprint density at radius 2 is 1.83 bits per heavy atom. The van der Waals surface area contributed by atoms with Gasteiger partial charge in [0.15, 0.2) is 0 Å². The molecule has 0 saturated heterocycles. The Kier molecular flexibility index (Phi) is 7.96. The Balaban J connectivity index is 1.45. The van der Waals surface area contributed by atoms with E-state index in [1.54, 1.807) is 0 Å². The number of aliphatic hydroxyl groups excluding tert-OH is 1. The maximum Gasteiger partial charge on any atom is 0.312 e. The van der Waals surface area contributed by atoms with E-state index in [0.717, 1.165) is 38.9 Å². The van der Waals surface area contributed by atoms with Crippen molar-refractivity contribution < 1.29 is 14.6 Å². The molecule has 0 aliphatic carbocycles. The Morgan fingerprint density at radius 3 is 2.66 bits per heavy atom. The number of rotatable bonds is 8. The van der Waals surface area contributed by atoms with Crippen LogP contribution in [0.2, 0.25) is 5.02 Å². The van der Waals surface area contributed by atoms with Crippen LogP contribution >= 0.6 is 11.6 Å². The van der Waals surface area contributed by atoms with Gasteiger partial charge in [-0.1, -0.05) is 72.3 Å². The fraction of sp³-hybridized carbons (Fsp3) is 0.200. The lowest BCUT2D eigenvalue weighted by Crippen LogP contribution is -2.13. The molecule has 0 fully saturated rings. The van der Waals surface area contributed by atoms with E-state index in [-0.39, 0.29) is 11.9 Å². The van der Waals surface area contributed by atoms with Crippen molar-refractivity contribution in [2.24, 2.45) is 0 Å². The molecule has 3 aromatic carbocycles. The minimum Gasteiger partial charge on any atom is -0.469 e. The SMILES string of the molecule is COC(=O)C(C)c1ccccc1CCC(O)c1cccc(/C=C/c2ccc3ccc(Cl)cc3n2)c1. The first-order valence-electron chi connectivity index (χ1n) is 11.6. The number of fused-ring (bicyclic) bond motifs is 1. The second-order valence-corrected chi connectivity index (χ2v) is 9.01. The lowest BCUT2D eigenvalue weighted by molar-refractivity contribution is -0.142. The van der Waals surface area contributed by atoms with E-state index in [2.05, 4.69) is 4.98 Å². The molecule has 4 aromatic rings. The van der Waals surface area contributed by atoms with Crippen molar-refractivity contribution in [1.82, 2.24) is 4.98 Å². The van der Waals surface area contributed by atoms with Gasteiger partial charge in [0.1, 0.15) is 0 Å². The van der Waals surface area contributed by atoms with Crippen molar-refractivity contribution >= 4 is 40.6 Å². The van der Waals surface area contributed by atoms with Gasteiger partial charge >= 0.3 is 5.97 Å². The van der Waals surface area contributed by atoms with Crippen LogP contribution in [-0.2, 0) is 16.0 Å². The normalized spacial score (nSPS) is 13.1. The third-order valence-electron chi connectivity index (χ3n) is 6.18. The zero-order valence-electron chi connectivity index (χ0n) is 19.8. The number of ether oxygens (including phenoxy) is 1. The smallest absolute Gasteiger partial charge is 0.312 e. The molecule has 35 heavy (non-hydrogen) atoms. The maximum absolute atomic E-state index is 12.0. The van der Waals surface area contributed by atoms with E-state index >= 15 is 0 Å². The highest BCUT2D eigenvalue weighted by molar-refractivity contribution is 6.31. The van der Waals surface area contributed by atoms with Gasteiger partial charge in [-0.2, -0.15) is 0 Å². The third kappa shape index (κ3) is 6.16. The first kappa shape index (κ1) is 24.6. The molecule has 4 nitrogen and oxygen atoms in total. The number of pyridine rings is 1. The lowest BCUT2D eigenvalue weighted by atomic mass is 9.91. The molecule has 5 heteroatoms. The number of hydrogen-bond acceptors (Lipinski definition) is 4. The Labute approximate surface area is 210 Å². The summed E-state index contributed by atoms with van der Waals surface area (Å²) >= 11 is 6.10. The number of aromatic nitrogens is 1. The highest BCUT2D eigenvalue weighted by Gasteiger charge is 2.19. The molecular weight excluding hydrogens is 458 g/mol. The van der Waals surface area contributed by atoms with E-state index in [1.165, 1.54) is 7.11 Å². The van der Waals surface area contributed by atoms with Gasteiger partial charge in [0.05, 0.1) is 30.3 Å². The van der Waals surface area contributed by atoms with Gasteiger partial charge in [-0.05, 0) is 72.4 Å². The van der Waals surface area contributed by atoms with Crippen molar-refractivity contribution in [3.05, 3.63) is 112 Å². The fourth-order valence-corrected chi connectivity index (χ4v) is 4.36. The van der Waals surface area contributed by atoms with Gasteiger partial charge in [0, 0.05) is 10.4 Å². The quantitative estimate of drug-likeness (QED) is 0.273. The zero-order chi connectivity index (χ0) is 24.8. The predicted molar refractivity (Wildman–Crippen MR) is 142 cm³/mol. The molecule has 1 heterocycles. The second kappa shape index (κ2) is 11.3. The summed E-state index contributed by atoms with van der Waals surface area (Å²) in [6.07, 6.45) is 4.53. The van der Waals surface area contributed by atoms with Gasteiger partial charge in [0.25, 0.3) is 0 Å². The second-order valence-electron chi connectivity index (χ2n) is 8.57. The number of nitrogens with zero attached hydrogens (tertiary/aromatic N) is 1. The van der Waals surface area contributed by atoms with Crippen LogP contribution in [-0.4, -0.2) is 23.2 Å². The van der Waals surface area contributed by atoms with Gasteiger partial charge in [-0.15, -0.1) is 0 Å². The monoisotopic (exact) mass is 485 g/mol. The Bertz CT molecular complexity index is 1360. The molecule has 2 atom stereocenters. The van der Waals surface area contributed by atoms with E-state index in [4.69, 9.17) is 16.3 Å². The number of aryl methyl sites for hydroxylation is 1. The van der Waals surface area contributed by atoms with Crippen LogP contribution in [0.25, 0.3) is 23.1 Å². The minimum absolute atomic E-state index is 0.263. The van der Waals surface area contributed by atoms with Crippen LogP contribution in [0.1, 0.15) is 53.3 Å². The highest BCUT2D eigenvalue weighted by atomic mass is 35.5. The van der Waals surface area contributed by atoms with Crippen molar-refractivity contribution in [3.8, 4) is 0 Å². The summed E-state index contributed by atoms with van der Waals surface area (Å²) in [6.45, 7) is 1.84. The number of aliphatic hydroxyl groups is 1. The predicted octanol–water partition coefficient (Wildman–Crippen LogP) is 7.00. The van der Waals surface area contributed by atoms with Crippen LogP contribution in [0, 0.1) is 0 Å². The number of carbonyl (C=O) groups excluding carboxylic acids is 1. The molecule has 0 bridgehead atoms. The number of methoxy groups -OCH3 is 1. The number of hydrogen-bond donors (Lipinski definition) is 1. The van der Waals surface area contributed by atoms with Gasteiger partial charge < -0.3 is 9.84 Å². The Hall–Kier alpha value is -3.47. The summed E-state index contributed by atoms with van der Waals surface area (Å²) in [6, 6.07) is 25.4. The molecule has 0 aliphatic heterocycles. The molecule has 2 unspecified atom stereocenters. The first-order valence-corrected chi connectivity index (χ1v) is 12.0. The molecule has 1 aromatic heterocycles. The molecule has 0 saturated carbocycles. The first-order chi connectivity index (χ1) is 16.9. The molecule has 178 valence electrons. The highest BCUT2D eigenvalue weighted by Crippen LogP contribution is 2.26. The lowest BCUT2D eigenvalue weighted by Gasteiger charge is -2.16. The van der Waals surface area contributed by atoms with Crippen LogP contribution in [0.3, 0.4) is 0 Å². The van der Waals surface area contributed by atoms with Crippen molar-refractivity contribution in [2.75, 3.05) is 7.11 Å². The van der Waals surface area contributed by atoms with E-state index in [9.17, 15) is 9.90 Å². The summed E-state index contributed by atoms with van der Waals surface area (Å²) in [5, 5.41) is 12.6. The summed E-state index contributed by atoms with van der Waals surface area (Å²) in [7, 11) is 1.40. The van der Waals surface area contributed by atoms with Crippen molar-refractivity contribution in [3.63, 3.8) is 0 Å². The third-order valence-corrected chi connectivity index (χ3v) is 6.42. The van der Waals surface area contributed by atoms with Crippen LogP contribution in [0.4, 0.5) is 0 Å². The van der Waals surface area contributed by atoms with Crippen LogP contribution < -0.4 is 0 Å². The largest absolute Gasteiger partial charge is 0.469 e. The number of halogens is 1. The molecule has 4 rings (SSSR count). The average molecular weight is 486 g/mol. The average Bonchev–Trinajstić information content (AvgIpc) is 2.89. The van der Waals surface area contributed by atoms with Gasteiger partial charge in [0.2, 0.25) is 0 Å². The molecule has 1 N–H and O–H groups in total. The van der Waals surface area contributed by atoms with E-state index in [1.807, 2.05) is 97.9 Å². The standard InChI is InChI=1S/C30H28ClNO3/c1-20(30(34)35-2)27-9-4-3-7-22(27)13-17-29(33)24-8-5-6-21(18-24)10-15-26-16-12-23-11-14-25(31)19-28(23)32-26/h3-12,14-16,18-20,29,33H,13,17H2,1-2H3/b15-10+. The molecular formula is C30H28ClNO3. The molecule has 0 aliphatic rings. The summed E-state index contributed by atoms with van der Waals surface area (Å²) in [4.78, 5) is 16.7. The molecule has 0 radical (unpaired) electrons. The van der Waals surface area contributed by atoms with E-state index in [0.29, 0.717) is 17.9 Å². The topological polar surface area (TPSA) is 59.4 Å². The van der Waals surface area contributed by atoms with Gasteiger partial charge in [-0.3, -0.25) is 4.79 Å². The Morgan fingerprint density at radius 1 is 1.03 bits per heavy atom. The zero-order valence-corrected chi connectivity index (χ0v) is 20.6. The molecule has 0 spiro atoms. The summed E-state index contributed by atoms with van der Waals surface area (Å²) < 4.78 is 4.91.